The third-order valence-corrected chi connectivity index (χ3v) is 12.8. The molecule has 6 fully saturated rings. The number of hydrogen-bond donors (Lipinski definition) is 4. The molecular weight excluding hydrogens is 517 g/mol. The summed E-state index contributed by atoms with van der Waals surface area (Å²) in [4.78, 5) is 5.75. The van der Waals surface area contributed by atoms with Crippen molar-refractivity contribution in [3.05, 3.63) is 0 Å². The second kappa shape index (κ2) is 12.5. The Kier molecular flexibility index (Phi) is 9.31. The Hall–Kier alpha value is 0.690. The highest BCUT2D eigenvalue weighted by Crippen LogP contribution is 2.56. The van der Waals surface area contributed by atoms with Crippen molar-refractivity contribution >= 4 is 35.3 Å². The summed E-state index contributed by atoms with van der Waals surface area (Å²) in [5, 5.41) is 15.9. The molecule has 6 aliphatic heterocycles. The van der Waals surface area contributed by atoms with Gasteiger partial charge >= 0.3 is 0 Å². The minimum Gasteiger partial charge on any atom is -0.379 e. The first-order valence-electron chi connectivity index (χ1n) is 13.9. The first kappa shape index (κ1) is 26.9. The van der Waals surface area contributed by atoms with Crippen LogP contribution in [0.15, 0.2) is 0 Å². The molecule has 6 saturated heterocycles. The van der Waals surface area contributed by atoms with Crippen LogP contribution in [-0.4, -0.2) is 159 Å². The van der Waals surface area contributed by atoms with Gasteiger partial charge in [-0.05, 0) is 0 Å². The number of nitrogens with one attached hydrogen (secondary N) is 4. The summed E-state index contributed by atoms with van der Waals surface area (Å²) in [6.45, 7) is 12.8. The lowest BCUT2D eigenvalue weighted by molar-refractivity contribution is -0.182. The summed E-state index contributed by atoms with van der Waals surface area (Å²) in [6, 6.07) is 0.213. The highest BCUT2D eigenvalue weighted by Gasteiger charge is 2.71. The maximum atomic E-state index is 6.83. The van der Waals surface area contributed by atoms with Gasteiger partial charge in [-0.1, -0.05) is 0 Å². The van der Waals surface area contributed by atoms with Gasteiger partial charge in [0.1, 0.15) is 5.66 Å². The Morgan fingerprint density at radius 3 is 2.44 bits per heavy atom. The molecule has 6 aliphatic rings. The topological polar surface area (TPSA) is 82.3 Å². The van der Waals surface area contributed by atoms with Crippen LogP contribution in [0.5, 0.6) is 0 Å². The van der Waals surface area contributed by atoms with Gasteiger partial charge in [0.2, 0.25) is 0 Å². The monoisotopic (exact) mass is 560 g/mol. The lowest BCUT2D eigenvalue weighted by Crippen LogP contribution is -2.89. The number of rotatable bonds is 5. The molecule has 36 heavy (non-hydrogen) atoms. The van der Waals surface area contributed by atoms with E-state index >= 15 is 0 Å². The maximum absolute atomic E-state index is 6.83. The molecule has 0 spiro atoms. The minimum atomic E-state index is -0.213. The first-order valence-corrected chi connectivity index (χ1v) is 17.1. The van der Waals surface area contributed by atoms with E-state index in [0.717, 1.165) is 109 Å². The molecule has 0 aromatic carbocycles. The molecule has 0 saturated carbocycles. The number of hydrogen-bond acceptors (Lipinski definition) is 12. The molecule has 0 radical (unpaired) electrons. The van der Waals surface area contributed by atoms with Gasteiger partial charge in [-0.15, -0.1) is 11.8 Å². The summed E-state index contributed by atoms with van der Waals surface area (Å²) in [5.41, 5.74) is -0.213. The third kappa shape index (κ3) is 4.79. The number of ether oxygens (including phenoxy) is 3. The standard InChI is InChI=1S/C24H44N6O3S3/c1-9-33-20(15-25-1)23(19-17-32-8-2-27-19)24(21-16-26-3-13-35-21,29-5-10-31-11-6-29)30(7-14-36-23)22-18-34-12-4-28-22/h19-22,25-28H,1-18H2. The van der Waals surface area contributed by atoms with Crippen molar-refractivity contribution < 1.29 is 14.2 Å². The molecule has 6 heterocycles. The van der Waals surface area contributed by atoms with Gasteiger partial charge in [-0.25, -0.2) is 0 Å². The van der Waals surface area contributed by atoms with Crippen LogP contribution in [0.25, 0.3) is 0 Å². The molecule has 6 atom stereocenters. The second-order valence-corrected chi connectivity index (χ2v) is 14.2. The smallest absolute Gasteiger partial charge is 0.108 e. The molecular formula is C24H44N6O3S3. The van der Waals surface area contributed by atoms with Crippen molar-refractivity contribution in [3.8, 4) is 0 Å². The molecule has 6 rings (SSSR count). The van der Waals surface area contributed by atoms with Crippen LogP contribution in [0.2, 0.25) is 0 Å². The van der Waals surface area contributed by atoms with E-state index in [1.165, 1.54) is 5.75 Å². The SMILES string of the molecule is C1COC(C2(C3COCCN3)SCCN(C3CSCCN3)C2(C2CNCCS2)N2CCOCC2)CN1. The van der Waals surface area contributed by atoms with E-state index in [1.807, 2.05) is 0 Å². The average Bonchev–Trinajstić information content (AvgIpc) is 2.99. The van der Waals surface area contributed by atoms with Crippen LogP contribution < -0.4 is 21.3 Å². The molecule has 6 unspecified atom stereocenters. The molecule has 4 N–H and O–H groups in total. The van der Waals surface area contributed by atoms with Crippen LogP contribution in [0.4, 0.5) is 0 Å². The van der Waals surface area contributed by atoms with E-state index in [9.17, 15) is 0 Å². The minimum absolute atomic E-state index is 0.0971. The van der Waals surface area contributed by atoms with Crippen molar-refractivity contribution in [3.63, 3.8) is 0 Å². The molecule has 0 aromatic rings. The Labute approximate surface area is 229 Å². The number of morpholine rings is 3. The molecule has 0 aliphatic carbocycles. The van der Waals surface area contributed by atoms with E-state index < -0.39 is 0 Å². The fourth-order valence-electron chi connectivity index (χ4n) is 7.35. The van der Waals surface area contributed by atoms with Gasteiger partial charge in [0.25, 0.3) is 0 Å². The Balaban J connectivity index is 1.54. The second-order valence-electron chi connectivity index (χ2n) is 10.4. The molecule has 0 aromatic heterocycles. The van der Waals surface area contributed by atoms with Crippen LogP contribution >= 0.6 is 35.3 Å². The maximum Gasteiger partial charge on any atom is 0.108 e. The van der Waals surface area contributed by atoms with Crippen LogP contribution in [0.1, 0.15) is 0 Å². The van der Waals surface area contributed by atoms with Crippen LogP contribution in [-0.2, 0) is 14.2 Å². The zero-order valence-electron chi connectivity index (χ0n) is 21.4. The van der Waals surface area contributed by atoms with Crippen molar-refractivity contribution in [2.45, 2.75) is 34.0 Å². The van der Waals surface area contributed by atoms with Crippen molar-refractivity contribution in [2.24, 2.45) is 0 Å². The Bertz CT molecular complexity index is 661. The molecule has 206 valence electrons. The average molecular weight is 561 g/mol. The van der Waals surface area contributed by atoms with Crippen molar-refractivity contribution in [1.29, 1.82) is 0 Å². The van der Waals surface area contributed by atoms with E-state index in [0.29, 0.717) is 11.4 Å². The van der Waals surface area contributed by atoms with Gasteiger partial charge < -0.3 is 35.5 Å². The summed E-state index contributed by atoms with van der Waals surface area (Å²) in [6.07, 6.45) is 0.454. The fourth-order valence-corrected chi connectivity index (χ4v) is 11.8. The molecule has 9 nitrogen and oxygen atoms in total. The van der Waals surface area contributed by atoms with Crippen LogP contribution in [0, 0.1) is 0 Å². The van der Waals surface area contributed by atoms with Crippen molar-refractivity contribution in [1.82, 2.24) is 31.1 Å². The van der Waals surface area contributed by atoms with Gasteiger partial charge in [0.15, 0.2) is 0 Å². The van der Waals surface area contributed by atoms with E-state index in [2.05, 4.69) is 66.4 Å². The largest absolute Gasteiger partial charge is 0.379 e. The van der Waals surface area contributed by atoms with E-state index in [4.69, 9.17) is 14.2 Å². The highest BCUT2D eigenvalue weighted by atomic mass is 32.2. The first-order chi connectivity index (χ1) is 17.9. The number of thioether (sulfide) groups is 3. The summed E-state index contributed by atoms with van der Waals surface area (Å²) in [5.74, 6) is 4.59. The van der Waals surface area contributed by atoms with E-state index in [1.54, 1.807) is 0 Å². The molecule has 0 amide bonds. The lowest BCUT2D eigenvalue weighted by Gasteiger charge is -2.71. The van der Waals surface area contributed by atoms with Gasteiger partial charge in [-0.2, -0.15) is 23.5 Å². The van der Waals surface area contributed by atoms with Gasteiger partial charge in [0, 0.05) is 81.9 Å². The predicted molar refractivity (Wildman–Crippen MR) is 150 cm³/mol. The molecule has 0 bridgehead atoms. The highest BCUT2D eigenvalue weighted by molar-refractivity contribution is 8.01. The van der Waals surface area contributed by atoms with Crippen LogP contribution in [0.3, 0.4) is 0 Å². The van der Waals surface area contributed by atoms with Gasteiger partial charge in [-0.3, -0.25) is 9.80 Å². The summed E-state index contributed by atoms with van der Waals surface area (Å²) in [7, 11) is 0. The normalized spacial score (nSPS) is 44.3. The summed E-state index contributed by atoms with van der Waals surface area (Å²) < 4.78 is 18.8. The lowest BCUT2D eigenvalue weighted by atomic mass is 9.73. The van der Waals surface area contributed by atoms with Gasteiger partial charge in [0.05, 0.1) is 61.3 Å². The van der Waals surface area contributed by atoms with E-state index in [-0.39, 0.29) is 22.6 Å². The van der Waals surface area contributed by atoms with Crippen molar-refractivity contribution in [2.75, 3.05) is 115 Å². The summed E-state index contributed by atoms with van der Waals surface area (Å²) >= 11 is 6.46. The fraction of sp³-hybridized carbons (Fsp3) is 1.00. The Morgan fingerprint density at radius 1 is 0.806 bits per heavy atom. The zero-order chi connectivity index (χ0) is 24.3. The Morgan fingerprint density at radius 2 is 1.72 bits per heavy atom. The quantitative estimate of drug-likeness (QED) is 0.338. The third-order valence-electron chi connectivity index (χ3n) is 8.68. The molecule has 12 heteroatoms. The number of nitrogens with zero attached hydrogens (tertiary/aromatic N) is 2. The predicted octanol–water partition coefficient (Wildman–Crippen LogP) is -0.853. The zero-order valence-corrected chi connectivity index (χ0v) is 23.8.